The second kappa shape index (κ2) is 13.9. The van der Waals surface area contributed by atoms with E-state index in [0.29, 0.717) is 22.7 Å². The van der Waals surface area contributed by atoms with E-state index in [9.17, 15) is 4.79 Å². The lowest BCUT2D eigenvalue weighted by atomic mass is 9.89. The minimum absolute atomic E-state index is 0.420. The summed E-state index contributed by atoms with van der Waals surface area (Å²) >= 11 is 0. The summed E-state index contributed by atoms with van der Waals surface area (Å²) in [4.78, 5) is 32.7. The van der Waals surface area contributed by atoms with Crippen molar-refractivity contribution in [1.29, 1.82) is 0 Å². The number of carbonyl (C=O) groups is 1. The van der Waals surface area contributed by atoms with Gasteiger partial charge in [-0.25, -0.2) is 14.8 Å². The van der Waals surface area contributed by atoms with Gasteiger partial charge in [0.15, 0.2) is 5.75 Å². The SMILES string of the molecule is Cc1ccc(C2=C3C=CC(=N3)c3[nH]c4c(c5ccc(C)cc5c(-c5ccccc5)c4c3OC(=O)c3ccccc3)-c3ccc([nH]3)C(c3ccc(C)cc3)=C3C=CC2=N3)cc1. The number of benzene rings is 6. The van der Waals surface area contributed by atoms with Crippen molar-refractivity contribution in [3.8, 4) is 28.1 Å². The number of ether oxygens (including phenoxy) is 1. The average Bonchev–Trinajstić information content (AvgIpc) is 4.11. The van der Waals surface area contributed by atoms with Crippen LogP contribution in [-0.2, 0) is 0 Å². The Balaban J connectivity index is 1.30. The van der Waals surface area contributed by atoms with E-state index in [4.69, 9.17) is 14.7 Å². The molecule has 0 radical (unpaired) electrons. The van der Waals surface area contributed by atoms with Crippen molar-refractivity contribution in [2.45, 2.75) is 20.8 Å². The zero-order valence-electron chi connectivity index (χ0n) is 33.3. The quantitative estimate of drug-likeness (QED) is 0.171. The van der Waals surface area contributed by atoms with Crippen LogP contribution in [0.25, 0.3) is 55.2 Å². The molecule has 5 heterocycles. The molecule has 0 amide bonds. The number of aromatic amines is 2. The van der Waals surface area contributed by atoms with Crippen molar-refractivity contribution >= 4 is 50.2 Å². The molecule has 60 heavy (non-hydrogen) atoms. The van der Waals surface area contributed by atoms with Gasteiger partial charge in [0.25, 0.3) is 0 Å². The van der Waals surface area contributed by atoms with E-state index in [1.54, 1.807) is 12.1 Å². The van der Waals surface area contributed by atoms with Gasteiger partial charge in [-0.1, -0.05) is 132 Å². The van der Waals surface area contributed by atoms with Gasteiger partial charge >= 0.3 is 5.97 Å². The number of aliphatic imine (C=N–C) groups is 2. The van der Waals surface area contributed by atoms with Crippen LogP contribution in [0.15, 0.2) is 185 Å². The van der Waals surface area contributed by atoms with Crippen molar-refractivity contribution in [2.24, 2.45) is 9.98 Å². The lowest BCUT2D eigenvalue weighted by Crippen LogP contribution is -2.10. The van der Waals surface area contributed by atoms with E-state index in [1.807, 2.05) is 48.6 Å². The van der Waals surface area contributed by atoms with E-state index in [0.717, 1.165) is 100 Å². The largest absolute Gasteiger partial charge is 0.420 e. The maximum atomic E-state index is 14.3. The van der Waals surface area contributed by atoms with E-state index >= 15 is 0 Å². The minimum Gasteiger partial charge on any atom is -0.420 e. The summed E-state index contributed by atoms with van der Waals surface area (Å²) in [6.45, 7) is 6.31. The highest BCUT2D eigenvalue weighted by atomic mass is 16.5. The molecule has 8 aromatic rings. The molecule has 0 spiro atoms. The fourth-order valence-electron chi connectivity index (χ4n) is 8.73. The molecule has 3 aliphatic rings. The summed E-state index contributed by atoms with van der Waals surface area (Å²) in [5, 5.41) is 2.89. The van der Waals surface area contributed by atoms with Crippen molar-refractivity contribution in [3.63, 3.8) is 0 Å². The first kappa shape index (κ1) is 35.3. The average molecular weight is 775 g/mol. The third-order valence-electron chi connectivity index (χ3n) is 11.6. The Labute approximate surface area is 347 Å². The number of nitrogens with one attached hydrogen (secondary N) is 2. The lowest BCUT2D eigenvalue weighted by molar-refractivity contribution is 0.0737. The highest BCUT2D eigenvalue weighted by Crippen LogP contribution is 2.49. The first-order valence-electron chi connectivity index (χ1n) is 20.2. The summed E-state index contributed by atoms with van der Waals surface area (Å²) in [5.41, 5.74) is 17.2. The predicted octanol–water partition coefficient (Wildman–Crippen LogP) is 12.7. The molecule has 6 aromatic carbocycles. The Morgan fingerprint density at radius 2 is 1.12 bits per heavy atom. The van der Waals surface area contributed by atoms with Crippen molar-refractivity contribution < 1.29 is 9.53 Å². The fraction of sp³-hybridized carbons (Fsp3) is 0.0556. The number of hydrogen-bond acceptors (Lipinski definition) is 4. The van der Waals surface area contributed by atoms with Gasteiger partial charge in [-0.2, -0.15) is 0 Å². The number of aromatic nitrogens is 2. The molecular formula is C54H38N4O2. The Hall–Kier alpha value is -7.83. The molecule has 0 aliphatic carbocycles. The number of fused-ring (bicyclic) bond motifs is 9. The number of nitrogens with zero attached hydrogens (tertiary/aromatic N) is 2. The summed E-state index contributed by atoms with van der Waals surface area (Å²) < 4.78 is 6.67. The molecule has 286 valence electrons. The Morgan fingerprint density at radius 1 is 0.517 bits per heavy atom. The summed E-state index contributed by atoms with van der Waals surface area (Å²) in [5.74, 6) is -0.0350. The van der Waals surface area contributed by atoms with Crippen LogP contribution in [0, 0.1) is 20.8 Å². The van der Waals surface area contributed by atoms with Gasteiger partial charge in [-0.3, -0.25) is 0 Å². The normalized spacial score (nSPS) is 14.2. The predicted molar refractivity (Wildman–Crippen MR) is 245 cm³/mol. The Morgan fingerprint density at radius 3 is 1.83 bits per heavy atom. The molecule has 0 unspecified atom stereocenters. The zero-order chi connectivity index (χ0) is 40.5. The van der Waals surface area contributed by atoms with Crippen LogP contribution in [0.4, 0.5) is 0 Å². The van der Waals surface area contributed by atoms with Crippen LogP contribution in [0.5, 0.6) is 5.75 Å². The third-order valence-corrected chi connectivity index (χ3v) is 11.6. The van der Waals surface area contributed by atoms with Crippen molar-refractivity contribution in [3.05, 3.63) is 220 Å². The van der Waals surface area contributed by atoms with Crippen molar-refractivity contribution in [2.75, 3.05) is 0 Å². The molecule has 6 heteroatoms. The Bertz CT molecular complexity index is 3280. The molecule has 0 fully saturated rings. The van der Waals surface area contributed by atoms with Crippen LogP contribution in [0.2, 0.25) is 0 Å². The van der Waals surface area contributed by atoms with E-state index in [2.05, 4.69) is 134 Å². The molecule has 0 atom stereocenters. The number of carbonyl (C=O) groups excluding carboxylic acids is 1. The topological polar surface area (TPSA) is 82.6 Å². The lowest BCUT2D eigenvalue weighted by Gasteiger charge is -2.16. The second-order valence-corrected chi connectivity index (χ2v) is 15.7. The highest BCUT2D eigenvalue weighted by Gasteiger charge is 2.31. The highest BCUT2D eigenvalue weighted by molar-refractivity contribution is 6.33. The maximum Gasteiger partial charge on any atom is 0.343 e. The first-order chi connectivity index (χ1) is 29.4. The number of rotatable bonds is 5. The maximum absolute atomic E-state index is 14.3. The summed E-state index contributed by atoms with van der Waals surface area (Å²) in [6, 6.07) is 47.5. The molecule has 6 nitrogen and oxygen atoms in total. The van der Waals surface area contributed by atoms with Gasteiger partial charge in [-0.15, -0.1) is 0 Å². The van der Waals surface area contributed by atoms with Crippen LogP contribution in [-0.4, -0.2) is 27.4 Å². The second-order valence-electron chi connectivity index (χ2n) is 15.7. The van der Waals surface area contributed by atoms with E-state index in [1.165, 1.54) is 5.56 Å². The van der Waals surface area contributed by atoms with Gasteiger partial charge in [0.2, 0.25) is 0 Å². The van der Waals surface area contributed by atoms with E-state index < -0.39 is 5.97 Å². The van der Waals surface area contributed by atoms with Crippen molar-refractivity contribution in [1.82, 2.24) is 9.97 Å². The van der Waals surface area contributed by atoms with Crippen LogP contribution in [0.3, 0.4) is 0 Å². The zero-order valence-corrected chi connectivity index (χ0v) is 33.3. The molecule has 3 aliphatic heterocycles. The van der Waals surface area contributed by atoms with Crippen LogP contribution in [0.1, 0.15) is 49.6 Å². The number of H-pyrrole nitrogens is 2. The summed E-state index contributed by atoms with van der Waals surface area (Å²) in [6.07, 6.45) is 8.24. The van der Waals surface area contributed by atoms with Crippen LogP contribution < -0.4 is 4.74 Å². The first-order valence-corrected chi connectivity index (χ1v) is 20.2. The van der Waals surface area contributed by atoms with Gasteiger partial charge < -0.3 is 14.7 Å². The van der Waals surface area contributed by atoms with Crippen LogP contribution >= 0.6 is 0 Å². The van der Waals surface area contributed by atoms with Gasteiger partial charge in [0.1, 0.15) is 5.69 Å². The molecular weight excluding hydrogens is 737 g/mol. The monoisotopic (exact) mass is 774 g/mol. The molecule has 0 saturated carbocycles. The van der Waals surface area contributed by atoms with Gasteiger partial charge in [0, 0.05) is 33.7 Å². The Kier molecular flexibility index (Phi) is 8.20. The van der Waals surface area contributed by atoms with E-state index in [-0.39, 0.29) is 0 Å². The smallest absolute Gasteiger partial charge is 0.343 e. The molecule has 2 N–H and O–H groups in total. The molecule has 2 aromatic heterocycles. The van der Waals surface area contributed by atoms with Gasteiger partial charge in [-0.05, 0) is 96.8 Å². The summed E-state index contributed by atoms with van der Waals surface area (Å²) in [7, 11) is 0. The third kappa shape index (κ3) is 5.84. The van der Waals surface area contributed by atoms with Gasteiger partial charge in [0.05, 0.1) is 39.3 Å². The number of allylic oxidation sites excluding steroid dienone is 5. The number of hydrogen-bond donors (Lipinski definition) is 2. The molecule has 0 saturated heterocycles. The molecule has 8 bridgehead atoms. The number of aryl methyl sites for hydroxylation is 3. The minimum atomic E-state index is -0.455. The molecule has 11 rings (SSSR count). The fourth-order valence-corrected chi connectivity index (χ4v) is 8.73. The number of esters is 1. The standard InChI is InChI=1S/C54H38N4O2/c1-31-14-19-35(20-15-31)47-40-24-25-41(55-40)48(36-21-16-32(2)17-22-36)43-28-29-45(57-43)51-53(60-54(59)37-12-8-5-9-13-37)50-46(34-10-6-4-7-11-34)39-30-33(3)18-23-38(39)49(52(50)58-51)44-27-26-42(47)56-44/h4-30,56,58H,1-3H3.